The standard InChI is InChI=1S/C19H19ClN2O4S/c1-26-17-6-5-14(20)11-16(17)21-27(24,25)15-9-12-3-2-8-22-18(23)7-4-13(10-15)19(12)22/h5-6,9-11,21H,2-4,7-8H2,1H3. The minimum Gasteiger partial charge on any atom is -0.495 e. The highest BCUT2D eigenvalue weighted by atomic mass is 35.5. The molecule has 0 saturated heterocycles. The highest BCUT2D eigenvalue weighted by molar-refractivity contribution is 7.92. The Morgan fingerprint density at radius 2 is 1.85 bits per heavy atom. The van der Waals surface area contributed by atoms with Gasteiger partial charge < -0.3 is 9.64 Å². The lowest BCUT2D eigenvalue weighted by Crippen LogP contribution is -2.39. The molecule has 2 heterocycles. The zero-order chi connectivity index (χ0) is 19.2. The Labute approximate surface area is 163 Å². The zero-order valence-corrected chi connectivity index (χ0v) is 16.4. The molecule has 2 aromatic carbocycles. The maximum Gasteiger partial charge on any atom is 0.262 e. The zero-order valence-electron chi connectivity index (χ0n) is 14.8. The Hall–Kier alpha value is -2.25. The lowest BCUT2D eigenvalue weighted by Gasteiger charge is -2.35. The molecular formula is C19H19ClN2O4S. The number of aryl methyl sites for hydroxylation is 2. The fourth-order valence-electron chi connectivity index (χ4n) is 3.74. The number of ether oxygens (including phenoxy) is 1. The van der Waals surface area contributed by atoms with Crippen molar-refractivity contribution in [2.45, 2.75) is 30.6 Å². The number of nitrogens with zero attached hydrogens (tertiary/aromatic N) is 1. The van der Waals surface area contributed by atoms with Gasteiger partial charge in [-0.2, -0.15) is 0 Å². The molecule has 2 aliphatic heterocycles. The van der Waals surface area contributed by atoms with Crippen molar-refractivity contribution >= 4 is 38.9 Å². The lowest BCUT2D eigenvalue weighted by molar-refractivity contribution is -0.119. The fraction of sp³-hybridized carbons (Fsp3) is 0.316. The molecule has 0 aliphatic carbocycles. The number of carbonyl (C=O) groups is 1. The molecule has 0 saturated carbocycles. The van der Waals surface area contributed by atoms with Gasteiger partial charge in [-0.25, -0.2) is 8.42 Å². The Morgan fingerprint density at radius 3 is 2.59 bits per heavy atom. The normalized spacial score (nSPS) is 16.1. The molecule has 1 amide bonds. The Balaban J connectivity index is 1.76. The van der Waals surface area contributed by atoms with E-state index >= 15 is 0 Å². The summed E-state index contributed by atoms with van der Waals surface area (Å²) in [6.07, 6.45) is 2.56. The summed E-state index contributed by atoms with van der Waals surface area (Å²) in [4.78, 5) is 14.2. The van der Waals surface area contributed by atoms with Gasteiger partial charge >= 0.3 is 0 Å². The first-order chi connectivity index (χ1) is 12.9. The minimum absolute atomic E-state index is 0.112. The van der Waals surface area contributed by atoms with Crippen molar-refractivity contribution in [3.8, 4) is 5.75 Å². The summed E-state index contributed by atoms with van der Waals surface area (Å²) >= 11 is 6.00. The summed E-state index contributed by atoms with van der Waals surface area (Å²) in [7, 11) is -2.36. The van der Waals surface area contributed by atoms with Gasteiger partial charge in [0.25, 0.3) is 10.0 Å². The van der Waals surface area contributed by atoms with E-state index in [1.165, 1.54) is 13.2 Å². The number of carbonyl (C=O) groups excluding carboxylic acids is 1. The SMILES string of the molecule is COc1ccc(Cl)cc1NS(=O)(=O)c1cc2c3c(c1)CCC(=O)N3CCC2. The monoisotopic (exact) mass is 406 g/mol. The molecular weight excluding hydrogens is 388 g/mol. The Bertz CT molecular complexity index is 1020. The van der Waals surface area contributed by atoms with Crippen molar-refractivity contribution in [1.82, 2.24) is 0 Å². The van der Waals surface area contributed by atoms with Crippen LogP contribution in [-0.4, -0.2) is 28.0 Å². The molecule has 0 unspecified atom stereocenters. The number of sulfonamides is 1. The number of methoxy groups -OCH3 is 1. The van der Waals surface area contributed by atoms with Crippen LogP contribution in [0.5, 0.6) is 5.75 Å². The maximum absolute atomic E-state index is 13.0. The first kappa shape index (κ1) is 18.1. The second-order valence-electron chi connectivity index (χ2n) is 6.69. The van der Waals surface area contributed by atoms with E-state index in [9.17, 15) is 13.2 Å². The van der Waals surface area contributed by atoms with Gasteiger partial charge in [-0.1, -0.05) is 11.6 Å². The average molecular weight is 407 g/mol. The van der Waals surface area contributed by atoms with E-state index < -0.39 is 10.0 Å². The van der Waals surface area contributed by atoms with E-state index in [-0.39, 0.29) is 16.5 Å². The van der Waals surface area contributed by atoms with Gasteiger partial charge in [0, 0.05) is 18.0 Å². The van der Waals surface area contributed by atoms with Crippen LogP contribution in [0.4, 0.5) is 11.4 Å². The molecule has 0 bridgehead atoms. The number of benzene rings is 2. The van der Waals surface area contributed by atoms with E-state index in [1.54, 1.807) is 29.2 Å². The summed E-state index contributed by atoms with van der Waals surface area (Å²) in [5.41, 5.74) is 3.00. The summed E-state index contributed by atoms with van der Waals surface area (Å²) in [5.74, 6) is 0.500. The molecule has 0 atom stereocenters. The van der Waals surface area contributed by atoms with Crippen molar-refractivity contribution in [3.05, 3.63) is 46.5 Å². The number of hydrogen-bond donors (Lipinski definition) is 1. The molecule has 6 nitrogen and oxygen atoms in total. The lowest BCUT2D eigenvalue weighted by atomic mass is 9.92. The Kier molecular flexibility index (Phi) is 4.52. The summed E-state index contributed by atoms with van der Waals surface area (Å²) in [5, 5.41) is 0.406. The molecule has 2 aliphatic rings. The van der Waals surface area contributed by atoms with Gasteiger partial charge in [-0.05, 0) is 60.7 Å². The number of anilines is 2. The molecule has 0 spiro atoms. The predicted octanol–water partition coefficient (Wildman–Crippen LogP) is 3.37. The second kappa shape index (κ2) is 6.73. The number of hydrogen-bond acceptors (Lipinski definition) is 4. The van der Waals surface area contributed by atoms with Crippen LogP contribution >= 0.6 is 11.6 Å². The van der Waals surface area contributed by atoms with Crippen LogP contribution in [0.2, 0.25) is 5.02 Å². The first-order valence-corrected chi connectivity index (χ1v) is 10.6. The molecule has 4 rings (SSSR count). The van der Waals surface area contributed by atoms with Gasteiger partial charge in [0.05, 0.1) is 23.4 Å². The third-order valence-corrected chi connectivity index (χ3v) is 6.54. The van der Waals surface area contributed by atoms with Gasteiger partial charge in [0.1, 0.15) is 5.75 Å². The van der Waals surface area contributed by atoms with Crippen LogP contribution < -0.4 is 14.4 Å². The van der Waals surface area contributed by atoms with E-state index in [2.05, 4.69) is 4.72 Å². The number of halogens is 1. The van der Waals surface area contributed by atoms with Crippen LogP contribution in [0.1, 0.15) is 24.0 Å². The molecule has 0 aromatic heterocycles. The highest BCUT2D eigenvalue weighted by Gasteiger charge is 2.31. The minimum atomic E-state index is -3.83. The van der Waals surface area contributed by atoms with Gasteiger partial charge in [0.2, 0.25) is 5.91 Å². The van der Waals surface area contributed by atoms with E-state index in [1.807, 2.05) is 0 Å². The van der Waals surface area contributed by atoms with Gasteiger partial charge in [-0.3, -0.25) is 9.52 Å². The second-order valence-corrected chi connectivity index (χ2v) is 8.81. The summed E-state index contributed by atoms with van der Waals surface area (Å²) in [6, 6.07) is 8.10. The van der Waals surface area contributed by atoms with Crippen molar-refractivity contribution in [2.75, 3.05) is 23.3 Å². The highest BCUT2D eigenvalue weighted by Crippen LogP contribution is 2.38. The largest absolute Gasteiger partial charge is 0.495 e. The van der Waals surface area contributed by atoms with Crippen LogP contribution in [0, 0.1) is 0 Å². The number of nitrogens with one attached hydrogen (secondary N) is 1. The van der Waals surface area contributed by atoms with E-state index in [0.717, 1.165) is 29.7 Å². The fourth-order valence-corrected chi connectivity index (χ4v) is 5.07. The quantitative estimate of drug-likeness (QED) is 0.844. The molecule has 8 heteroatoms. The molecule has 0 radical (unpaired) electrons. The van der Waals surface area contributed by atoms with Crippen molar-refractivity contribution in [3.63, 3.8) is 0 Å². The smallest absolute Gasteiger partial charge is 0.262 e. The predicted molar refractivity (Wildman–Crippen MR) is 104 cm³/mol. The van der Waals surface area contributed by atoms with Crippen LogP contribution in [0.15, 0.2) is 35.2 Å². The molecule has 1 N–H and O–H groups in total. The van der Waals surface area contributed by atoms with Crippen LogP contribution in [0.3, 0.4) is 0 Å². The van der Waals surface area contributed by atoms with Crippen molar-refractivity contribution in [1.29, 1.82) is 0 Å². The van der Waals surface area contributed by atoms with E-state index in [4.69, 9.17) is 16.3 Å². The third-order valence-electron chi connectivity index (χ3n) is 4.96. The summed E-state index contributed by atoms with van der Waals surface area (Å²) < 4.78 is 33.8. The van der Waals surface area contributed by atoms with E-state index in [0.29, 0.717) is 30.2 Å². The van der Waals surface area contributed by atoms with Crippen LogP contribution in [0.25, 0.3) is 0 Å². The van der Waals surface area contributed by atoms with Gasteiger partial charge in [0.15, 0.2) is 0 Å². The Morgan fingerprint density at radius 1 is 1.11 bits per heavy atom. The molecule has 0 fully saturated rings. The van der Waals surface area contributed by atoms with Crippen molar-refractivity contribution < 1.29 is 17.9 Å². The van der Waals surface area contributed by atoms with Crippen molar-refractivity contribution in [2.24, 2.45) is 0 Å². The van der Waals surface area contributed by atoms with Crippen LogP contribution in [-0.2, 0) is 27.7 Å². The maximum atomic E-state index is 13.0. The average Bonchev–Trinajstić information content (AvgIpc) is 2.64. The topological polar surface area (TPSA) is 75.7 Å². The molecule has 2 aromatic rings. The molecule has 27 heavy (non-hydrogen) atoms. The number of amides is 1. The summed E-state index contributed by atoms with van der Waals surface area (Å²) in [6.45, 7) is 0.697. The first-order valence-electron chi connectivity index (χ1n) is 8.71. The molecule has 142 valence electrons. The van der Waals surface area contributed by atoms with Gasteiger partial charge in [-0.15, -0.1) is 0 Å². The number of rotatable bonds is 4. The third kappa shape index (κ3) is 3.26.